The molecule has 1 aliphatic heterocycles. The quantitative estimate of drug-likeness (QED) is 0.874. The Morgan fingerprint density at radius 2 is 2.47 bits per heavy atom. The first-order valence-electron chi connectivity index (χ1n) is 6.27. The predicted octanol–water partition coefficient (Wildman–Crippen LogP) is 3.19. The highest BCUT2D eigenvalue weighted by atomic mass is 32.1. The van der Waals surface area contributed by atoms with Gasteiger partial charge in [0.25, 0.3) is 0 Å². The third-order valence-corrected chi connectivity index (χ3v) is 3.66. The summed E-state index contributed by atoms with van der Waals surface area (Å²) in [7, 11) is 0. The van der Waals surface area contributed by atoms with Gasteiger partial charge in [0.15, 0.2) is 0 Å². The van der Waals surface area contributed by atoms with Gasteiger partial charge in [-0.05, 0) is 38.3 Å². The van der Waals surface area contributed by atoms with Crippen LogP contribution >= 0.6 is 11.3 Å². The van der Waals surface area contributed by atoms with Crippen LogP contribution < -0.4 is 5.32 Å². The summed E-state index contributed by atoms with van der Waals surface area (Å²) in [5, 5.41) is 6.84. The summed E-state index contributed by atoms with van der Waals surface area (Å²) < 4.78 is 5.44. The normalized spacial score (nSPS) is 17.4. The van der Waals surface area contributed by atoms with Crippen LogP contribution in [-0.2, 0) is 4.74 Å². The van der Waals surface area contributed by atoms with Crippen molar-refractivity contribution in [1.29, 1.82) is 0 Å². The van der Waals surface area contributed by atoms with Gasteiger partial charge in [-0.3, -0.25) is 0 Å². The predicted molar refractivity (Wildman–Crippen MR) is 71.2 cm³/mol. The second-order valence-corrected chi connectivity index (χ2v) is 5.41. The molecule has 0 amide bonds. The Bertz CT molecular complexity index is 387. The molecule has 0 aromatic carbocycles. The summed E-state index contributed by atoms with van der Waals surface area (Å²) in [6.07, 6.45) is 5.27. The molecule has 1 unspecified atom stereocenters. The van der Waals surface area contributed by atoms with Crippen molar-refractivity contribution >= 4 is 11.3 Å². The molecule has 0 aliphatic carbocycles. The summed E-state index contributed by atoms with van der Waals surface area (Å²) in [4.78, 5) is 4.60. The van der Waals surface area contributed by atoms with Gasteiger partial charge in [0.05, 0.1) is 29.6 Å². The minimum atomic E-state index is 0.236. The van der Waals surface area contributed by atoms with Gasteiger partial charge in [0, 0.05) is 5.38 Å². The molecule has 17 heavy (non-hydrogen) atoms. The summed E-state index contributed by atoms with van der Waals surface area (Å²) in [5.74, 6) is 0. The molecule has 0 saturated carbocycles. The third kappa shape index (κ3) is 3.30. The van der Waals surface area contributed by atoms with Gasteiger partial charge in [-0.25, -0.2) is 4.98 Å². The van der Waals surface area contributed by atoms with E-state index in [2.05, 4.69) is 29.5 Å². The molecule has 1 aromatic rings. The summed E-state index contributed by atoms with van der Waals surface area (Å²) in [5.41, 5.74) is 2.47. The molecule has 4 heteroatoms. The van der Waals surface area contributed by atoms with Crippen LogP contribution in [0.5, 0.6) is 0 Å². The van der Waals surface area contributed by atoms with Crippen LogP contribution in [0.15, 0.2) is 17.2 Å². The smallest absolute Gasteiger partial charge is 0.0898 e. The van der Waals surface area contributed by atoms with Gasteiger partial charge >= 0.3 is 0 Å². The number of thiazole rings is 1. The maximum Gasteiger partial charge on any atom is 0.0898 e. The zero-order valence-corrected chi connectivity index (χ0v) is 11.3. The van der Waals surface area contributed by atoms with Crippen molar-refractivity contribution in [3.8, 4) is 0 Å². The number of ether oxygens (including phenoxy) is 1. The van der Waals surface area contributed by atoms with E-state index in [-0.39, 0.29) is 6.04 Å². The highest BCUT2D eigenvalue weighted by Crippen LogP contribution is 2.28. The molecule has 1 atom stereocenters. The monoisotopic (exact) mass is 252 g/mol. The minimum absolute atomic E-state index is 0.236. The van der Waals surface area contributed by atoms with Gasteiger partial charge in [-0.15, -0.1) is 11.3 Å². The highest BCUT2D eigenvalue weighted by Gasteiger charge is 2.20. The molecular formula is C13H20N2OS. The zero-order chi connectivity index (χ0) is 12.1. The summed E-state index contributed by atoms with van der Waals surface area (Å²) >= 11 is 1.71. The van der Waals surface area contributed by atoms with E-state index < -0.39 is 0 Å². The van der Waals surface area contributed by atoms with Crippen molar-refractivity contribution in [3.63, 3.8) is 0 Å². The fraction of sp³-hybridized carbons (Fsp3) is 0.615. The van der Waals surface area contributed by atoms with Crippen LogP contribution in [0.4, 0.5) is 0 Å². The lowest BCUT2D eigenvalue weighted by Gasteiger charge is -2.23. The largest absolute Gasteiger partial charge is 0.501 e. The average molecular weight is 252 g/mol. The molecule has 0 fully saturated rings. The van der Waals surface area contributed by atoms with Gasteiger partial charge in [-0.2, -0.15) is 0 Å². The van der Waals surface area contributed by atoms with Crippen LogP contribution in [0.25, 0.3) is 0 Å². The minimum Gasteiger partial charge on any atom is -0.501 e. The fourth-order valence-corrected chi connectivity index (χ4v) is 2.66. The van der Waals surface area contributed by atoms with Gasteiger partial charge in [0.2, 0.25) is 0 Å². The van der Waals surface area contributed by atoms with E-state index in [9.17, 15) is 0 Å². The van der Waals surface area contributed by atoms with Crippen LogP contribution in [0.1, 0.15) is 42.9 Å². The number of hydrogen-bond donors (Lipinski definition) is 1. The fourth-order valence-electron chi connectivity index (χ4n) is 2.02. The van der Waals surface area contributed by atoms with E-state index in [4.69, 9.17) is 4.74 Å². The molecule has 2 heterocycles. The molecule has 1 aromatic heterocycles. The Morgan fingerprint density at radius 3 is 3.06 bits per heavy atom. The number of nitrogens with zero attached hydrogens (tertiary/aromatic N) is 1. The first-order chi connectivity index (χ1) is 8.31. The van der Waals surface area contributed by atoms with Crippen LogP contribution in [-0.4, -0.2) is 18.1 Å². The highest BCUT2D eigenvalue weighted by molar-refractivity contribution is 7.09. The Kier molecular flexibility index (Phi) is 4.57. The van der Waals surface area contributed by atoms with Crippen LogP contribution in [0.2, 0.25) is 0 Å². The standard InChI is InChI=1S/C13H20N2OS/c1-3-6-14-13(11-5-4-7-16-8-11)12-9-17-10(2)15-12/h8-9,13-14H,3-7H2,1-2H3. The second-order valence-electron chi connectivity index (χ2n) is 4.35. The van der Waals surface area contributed by atoms with E-state index in [1.807, 2.05) is 6.26 Å². The molecular weight excluding hydrogens is 232 g/mol. The Labute approximate surface area is 107 Å². The van der Waals surface area contributed by atoms with E-state index in [1.54, 1.807) is 11.3 Å². The lowest BCUT2D eigenvalue weighted by molar-refractivity contribution is 0.219. The second kappa shape index (κ2) is 6.17. The van der Waals surface area contributed by atoms with E-state index >= 15 is 0 Å². The van der Waals surface area contributed by atoms with E-state index in [0.29, 0.717) is 0 Å². The van der Waals surface area contributed by atoms with Gasteiger partial charge in [0.1, 0.15) is 0 Å². The van der Waals surface area contributed by atoms with Crippen molar-refractivity contribution in [2.45, 2.75) is 39.2 Å². The molecule has 94 valence electrons. The van der Waals surface area contributed by atoms with Gasteiger partial charge < -0.3 is 10.1 Å². The maximum atomic E-state index is 5.44. The number of nitrogens with one attached hydrogen (secondary N) is 1. The number of rotatable bonds is 5. The molecule has 0 radical (unpaired) electrons. The van der Waals surface area contributed by atoms with Crippen LogP contribution in [0.3, 0.4) is 0 Å². The molecule has 3 nitrogen and oxygen atoms in total. The zero-order valence-electron chi connectivity index (χ0n) is 10.5. The molecule has 2 rings (SSSR count). The van der Waals surface area contributed by atoms with E-state index in [0.717, 1.165) is 43.1 Å². The summed E-state index contributed by atoms with van der Waals surface area (Å²) in [6.45, 7) is 6.09. The third-order valence-electron chi connectivity index (χ3n) is 2.86. The van der Waals surface area contributed by atoms with Gasteiger partial charge in [-0.1, -0.05) is 6.92 Å². The van der Waals surface area contributed by atoms with Crippen molar-refractivity contribution in [3.05, 3.63) is 27.9 Å². The number of hydrogen-bond acceptors (Lipinski definition) is 4. The molecule has 1 N–H and O–H groups in total. The Morgan fingerprint density at radius 1 is 1.59 bits per heavy atom. The summed E-state index contributed by atoms with van der Waals surface area (Å²) in [6, 6.07) is 0.236. The number of aromatic nitrogens is 1. The van der Waals surface area contributed by atoms with Crippen molar-refractivity contribution < 1.29 is 4.74 Å². The first kappa shape index (κ1) is 12.6. The lowest BCUT2D eigenvalue weighted by atomic mass is 10.00. The number of aryl methyl sites for hydroxylation is 1. The Balaban J connectivity index is 2.15. The topological polar surface area (TPSA) is 34.1 Å². The maximum absolute atomic E-state index is 5.44. The Hall–Kier alpha value is -0.870. The van der Waals surface area contributed by atoms with Crippen molar-refractivity contribution in [1.82, 2.24) is 10.3 Å². The average Bonchev–Trinajstić information content (AvgIpc) is 2.78. The first-order valence-corrected chi connectivity index (χ1v) is 7.15. The van der Waals surface area contributed by atoms with E-state index in [1.165, 1.54) is 5.57 Å². The SMILES string of the molecule is CCCNC(C1=COCCC1)c1csc(C)n1. The molecule has 0 saturated heterocycles. The molecule has 0 spiro atoms. The van der Waals surface area contributed by atoms with Crippen molar-refractivity contribution in [2.24, 2.45) is 0 Å². The molecule has 0 bridgehead atoms. The van der Waals surface area contributed by atoms with Crippen molar-refractivity contribution in [2.75, 3.05) is 13.2 Å². The lowest BCUT2D eigenvalue weighted by Crippen LogP contribution is -2.25. The molecule has 1 aliphatic rings. The van der Waals surface area contributed by atoms with Crippen LogP contribution in [0, 0.1) is 6.92 Å².